The van der Waals surface area contributed by atoms with Gasteiger partial charge in [-0.1, -0.05) is 43.1 Å². The van der Waals surface area contributed by atoms with Crippen LogP contribution in [-0.2, 0) is 22.7 Å². The van der Waals surface area contributed by atoms with E-state index in [1.165, 1.54) is 7.11 Å². The van der Waals surface area contributed by atoms with Crippen molar-refractivity contribution in [3.05, 3.63) is 45.0 Å². The van der Waals surface area contributed by atoms with Crippen molar-refractivity contribution in [1.82, 2.24) is 0 Å². The van der Waals surface area contributed by atoms with Gasteiger partial charge in [0.15, 0.2) is 23.3 Å². The highest BCUT2D eigenvalue weighted by Gasteiger charge is 2.59. The summed E-state index contributed by atoms with van der Waals surface area (Å²) in [6, 6.07) is 0. The standard InChI is InChI=1S/C18H20Cl2F4O2/c1-8(13-11(5-12(19)20)18(13,2)3)26-7-10-16(23)14(21)9(6-25-4)15(22)17(10)24/h5,8,11,13H,6-7H2,1-4H3/t8?,11-,13-/m0/s1. The highest BCUT2D eigenvalue weighted by atomic mass is 35.5. The molecule has 0 amide bonds. The molecule has 1 aliphatic carbocycles. The first-order chi connectivity index (χ1) is 12.0. The summed E-state index contributed by atoms with van der Waals surface area (Å²) in [5, 5.41) is 0. The molecule has 26 heavy (non-hydrogen) atoms. The normalized spacial score (nSPS) is 22.2. The third kappa shape index (κ3) is 4.03. The average molecular weight is 415 g/mol. The van der Waals surface area contributed by atoms with Crippen molar-refractivity contribution in [2.24, 2.45) is 17.3 Å². The van der Waals surface area contributed by atoms with E-state index in [4.69, 9.17) is 27.9 Å². The molecule has 1 aromatic rings. The second-order valence-electron chi connectivity index (χ2n) is 6.99. The number of ether oxygens (including phenoxy) is 2. The van der Waals surface area contributed by atoms with Crippen LogP contribution in [0.1, 0.15) is 31.9 Å². The van der Waals surface area contributed by atoms with Crippen LogP contribution >= 0.6 is 23.2 Å². The van der Waals surface area contributed by atoms with Crippen LogP contribution in [-0.4, -0.2) is 13.2 Å². The summed E-state index contributed by atoms with van der Waals surface area (Å²) >= 11 is 11.4. The van der Waals surface area contributed by atoms with E-state index in [1.807, 2.05) is 13.8 Å². The molecule has 0 bridgehead atoms. The number of rotatable bonds is 7. The predicted octanol–water partition coefficient (Wildman–Crippen LogP) is 5.89. The molecule has 0 spiro atoms. The van der Waals surface area contributed by atoms with E-state index in [1.54, 1.807) is 13.0 Å². The number of hydrogen-bond acceptors (Lipinski definition) is 2. The number of methoxy groups -OCH3 is 1. The van der Waals surface area contributed by atoms with E-state index in [0.29, 0.717) is 0 Å². The Hall–Kier alpha value is -0.820. The van der Waals surface area contributed by atoms with E-state index < -0.39 is 53.7 Å². The molecule has 0 heterocycles. The van der Waals surface area contributed by atoms with E-state index >= 15 is 0 Å². The first kappa shape index (κ1) is 21.5. The lowest BCUT2D eigenvalue weighted by Crippen LogP contribution is -2.17. The SMILES string of the molecule is COCc1c(F)c(F)c(COC(C)[C@H]2[C@H](C=C(Cl)Cl)C2(C)C)c(F)c1F. The Morgan fingerprint density at radius 1 is 1.04 bits per heavy atom. The van der Waals surface area contributed by atoms with Crippen molar-refractivity contribution in [2.45, 2.75) is 40.1 Å². The first-order valence-corrected chi connectivity index (χ1v) is 8.76. The summed E-state index contributed by atoms with van der Waals surface area (Å²) in [6.45, 7) is 4.51. The Balaban J connectivity index is 2.17. The second-order valence-corrected chi connectivity index (χ2v) is 8.00. The molecule has 0 aromatic heterocycles. The predicted molar refractivity (Wildman–Crippen MR) is 91.8 cm³/mol. The van der Waals surface area contributed by atoms with Crippen molar-refractivity contribution in [1.29, 1.82) is 0 Å². The summed E-state index contributed by atoms with van der Waals surface area (Å²) < 4.78 is 66.4. The first-order valence-electron chi connectivity index (χ1n) is 8.01. The number of hydrogen-bond donors (Lipinski definition) is 0. The van der Waals surface area contributed by atoms with Gasteiger partial charge in [0.25, 0.3) is 0 Å². The van der Waals surface area contributed by atoms with Crippen molar-refractivity contribution in [3.63, 3.8) is 0 Å². The second kappa shape index (κ2) is 8.05. The van der Waals surface area contributed by atoms with Crippen LogP contribution in [0.15, 0.2) is 10.6 Å². The lowest BCUT2D eigenvalue weighted by atomic mass is 10.1. The van der Waals surface area contributed by atoms with Gasteiger partial charge >= 0.3 is 0 Å². The minimum Gasteiger partial charge on any atom is -0.380 e. The summed E-state index contributed by atoms with van der Waals surface area (Å²) in [7, 11) is 1.17. The monoisotopic (exact) mass is 414 g/mol. The van der Waals surface area contributed by atoms with Crippen LogP contribution in [0.2, 0.25) is 0 Å². The van der Waals surface area contributed by atoms with E-state index in [0.717, 1.165) is 0 Å². The van der Waals surface area contributed by atoms with Gasteiger partial charge in [-0.15, -0.1) is 0 Å². The Kier molecular flexibility index (Phi) is 6.65. The summed E-state index contributed by atoms with van der Waals surface area (Å²) in [5.41, 5.74) is -1.73. The molecule has 0 N–H and O–H groups in total. The van der Waals surface area contributed by atoms with Gasteiger partial charge < -0.3 is 9.47 Å². The minimum atomic E-state index is -1.47. The Morgan fingerprint density at radius 3 is 1.92 bits per heavy atom. The lowest BCUT2D eigenvalue weighted by Gasteiger charge is -2.17. The van der Waals surface area contributed by atoms with Crippen LogP contribution in [0, 0.1) is 40.5 Å². The van der Waals surface area contributed by atoms with Crippen LogP contribution < -0.4 is 0 Å². The molecule has 0 aliphatic heterocycles. The third-order valence-corrected chi connectivity index (χ3v) is 5.28. The van der Waals surface area contributed by atoms with Crippen molar-refractivity contribution in [3.8, 4) is 0 Å². The quantitative estimate of drug-likeness (QED) is 0.409. The zero-order chi connectivity index (χ0) is 19.8. The maximum atomic E-state index is 14.1. The van der Waals surface area contributed by atoms with Gasteiger partial charge in [0.1, 0.15) is 4.49 Å². The van der Waals surface area contributed by atoms with Crippen molar-refractivity contribution >= 4 is 23.2 Å². The molecule has 1 fully saturated rings. The van der Waals surface area contributed by atoms with Crippen molar-refractivity contribution in [2.75, 3.05) is 7.11 Å². The van der Waals surface area contributed by atoms with Gasteiger partial charge in [-0.2, -0.15) is 0 Å². The molecule has 1 aromatic carbocycles. The average Bonchev–Trinajstić information content (AvgIpc) is 3.09. The van der Waals surface area contributed by atoms with Gasteiger partial charge in [0.05, 0.1) is 30.4 Å². The van der Waals surface area contributed by atoms with Crippen LogP contribution in [0.3, 0.4) is 0 Å². The highest BCUT2D eigenvalue weighted by molar-refractivity contribution is 6.55. The van der Waals surface area contributed by atoms with Gasteiger partial charge in [-0.25, -0.2) is 17.6 Å². The fourth-order valence-electron chi connectivity index (χ4n) is 3.51. The molecule has 2 rings (SSSR count). The van der Waals surface area contributed by atoms with Gasteiger partial charge in [0.2, 0.25) is 0 Å². The Morgan fingerprint density at radius 2 is 1.50 bits per heavy atom. The fourth-order valence-corrected chi connectivity index (χ4v) is 3.78. The summed E-state index contributed by atoms with van der Waals surface area (Å²) in [4.78, 5) is 0. The number of halogens is 6. The zero-order valence-electron chi connectivity index (χ0n) is 14.8. The van der Waals surface area contributed by atoms with E-state index in [-0.39, 0.29) is 21.7 Å². The molecule has 2 nitrogen and oxygen atoms in total. The lowest BCUT2D eigenvalue weighted by molar-refractivity contribution is 0.0261. The van der Waals surface area contributed by atoms with Crippen LogP contribution in [0.4, 0.5) is 17.6 Å². The maximum Gasteiger partial charge on any atom is 0.167 e. The fraction of sp³-hybridized carbons (Fsp3) is 0.556. The van der Waals surface area contributed by atoms with E-state index in [9.17, 15) is 17.6 Å². The molecule has 1 aliphatic rings. The van der Waals surface area contributed by atoms with Gasteiger partial charge in [-0.3, -0.25) is 0 Å². The minimum absolute atomic E-state index is 0.00332. The van der Waals surface area contributed by atoms with Crippen LogP contribution in [0.5, 0.6) is 0 Å². The number of benzene rings is 1. The largest absolute Gasteiger partial charge is 0.380 e. The molecule has 3 atom stereocenters. The van der Waals surface area contributed by atoms with Gasteiger partial charge in [-0.05, 0) is 24.2 Å². The number of allylic oxidation sites excluding steroid dienone is 1. The molecule has 146 valence electrons. The molecule has 0 radical (unpaired) electrons. The molecule has 1 unspecified atom stereocenters. The summed E-state index contributed by atoms with van der Waals surface area (Å²) in [6.07, 6.45) is 1.26. The topological polar surface area (TPSA) is 18.5 Å². The highest BCUT2D eigenvalue weighted by Crippen LogP contribution is 2.61. The molecule has 1 saturated carbocycles. The van der Waals surface area contributed by atoms with Gasteiger partial charge in [0, 0.05) is 7.11 Å². The molecular formula is C18H20Cl2F4O2. The third-order valence-electron chi connectivity index (χ3n) is 5.03. The van der Waals surface area contributed by atoms with Crippen LogP contribution in [0.25, 0.3) is 0 Å². The molecule has 0 saturated heterocycles. The molecular weight excluding hydrogens is 395 g/mol. The maximum absolute atomic E-state index is 14.1. The molecule has 8 heteroatoms. The smallest absolute Gasteiger partial charge is 0.167 e. The summed E-state index contributed by atoms with van der Waals surface area (Å²) in [5.74, 6) is -5.85. The van der Waals surface area contributed by atoms with E-state index in [2.05, 4.69) is 4.74 Å². The Bertz CT molecular complexity index is 689. The van der Waals surface area contributed by atoms with Crippen molar-refractivity contribution < 1.29 is 27.0 Å². The zero-order valence-corrected chi connectivity index (χ0v) is 16.3. The Labute approximate surface area is 160 Å².